The third kappa shape index (κ3) is 41.2. The van der Waals surface area contributed by atoms with Crippen LogP contribution in [0, 0.1) is 0 Å². The summed E-state index contributed by atoms with van der Waals surface area (Å²) in [5, 5.41) is 9.59. The standard InChI is InChI=1S/C45H86O4/c1-3-5-7-9-11-13-15-17-18-19-20-21-22-23-24-25-26-27-29-31-33-35-37-39-41-48-43-44(42-46)49-45(47)40-38-36-34-32-30-28-16-14-12-10-8-6-4-2/h14,16,19-20,44,46H,3-13,15,17-18,21-43H2,1-2H3/b16-14-,20-19-. The van der Waals surface area contributed by atoms with Gasteiger partial charge in [-0.15, -0.1) is 0 Å². The van der Waals surface area contributed by atoms with Gasteiger partial charge in [-0.05, 0) is 64.2 Å². The quantitative estimate of drug-likeness (QED) is 0.0394. The number of hydrogen-bond donors (Lipinski definition) is 1. The molecule has 0 saturated heterocycles. The number of hydrogen-bond acceptors (Lipinski definition) is 4. The molecule has 0 aromatic carbocycles. The molecule has 4 nitrogen and oxygen atoms in total. The Kier molecular flexibility index (Phi) is 42.0. The van der Waals surface area contributed by atoms with Crippen molar-refractivity contribution in [2.75, 3.05) is 19.8 Å². The topological polar surface area (TPSA) is 55.8 Å². The van der Waals surface area contributed by atoms with Crippen molar-refractivity contribution in [1.82, 2.24) is 0 Å². The molecule has 0 saturated carbocycles. The van der Waals surface area contributed by atoms with Crippen LogP contribution in [-0.2, 0) is 14.3 Å². The first-order chi connectivity index (χ1) is 24.2. The highest BCUT2D eigenvalue weighted by Crippen LogP contribution is 2.14. The van der Waals surface area contributed by atoms with Crippen molar-refractivity contribution in [1.29, 1.82) is 0 Å². The fourth-order valence-electron chi connectivity index (χ4n) is 6.44. The van der Waals surface area contributed by atoms with Crippen molar-refractivity contribution in [3.63, 3.8) is 0 Å². The van der Waals surface area contributed by atoms with Crippen LogP contribution in [0.2, 0.25) is 0 Å². The molecule has 1 atom stereocenters. The first-order valence-electron chi connectivity index (χ1n) is 21.9. The smallest absolute Gasteiger partial charge is 0.306 e. The number of aliphatic hydroxyl groups is 1. The lowest BCUT2D eigenvalue weighted by atomic mass is 10.0. The van der Waals surface area contributed by atoms with Crippen LogP contribution in [0.15, 0.2) is 24.3 Å². The van der Waals surface area contributed by atoms with E-state index in [-0.39, 0.29) is 12.6 Å². The maximum absolute atomic E-state index is 12.2. The normalized spacial score (nSPS) is 12.5. The maximum Gasteiger partial charge on any atom is 0.306 e. The Labute approximate surface area is 307 Å². The largest absolute Gasteiger partial charge is 0.457 e. The van der Waals surface area contributed by atoms with Gasteiger partial charge in [0.25, 0.3) is 0 Å². The van der Waals surface area contributed by atoms with Gasteiger partial charge < -0.3 is 14.6 Å². The van der Waals surface area contributed by atoms with Gasteiger partial charge in [0.05, 0.1) is 13.2 Å². The van der Waals surface area contributed by atoms with E-state index in [2.05, 4.69) is 38.2 Å². The molecule has 0 aliphatic carbocycles. The van der Waals surface area contributed by atoms with Crippen molar-refractivity contribution in [2.24, 2.45) is 0 Å². The van der Waals surface area contributed by atoms with Gasteiger partial charge >= 0.3 is 5.97 Å². The predicted octanol–water partition coefficient (Wildman–Crippen LogP) is 14.3. The van der Waals surface area contributed by atoms with Gasteiger partial charge in [-0.25, -0.2) is 0 Å². The molecule has 0 spiro atoms. The summed E-state index contributed by atoms with van der Waals surface area (Å²) in [4.78, 5) is 12.2. The minimum absolute atomic E-state index is 0.172. The van der Waals surface area contributed by atoms with E-state index < -0.39 is 6.10 Å². The third-order valence-electron chi connectivity index (χ3n) is 9.75. The second-order valence-electron chi connectivity index (χ2n) is 14.8. The van der Waals surface area contributed by atoms with E-state index in [4.69, 9.17) is 9.47 Å². The molecule has 0 aromatic rings. The van der Waals surface area contributed by atoms with Crippen molar-refractivity contribution in [3.8, 4) is 0 Å². The van der Waals surface area contributed by atoms with Crippen LogP contribution in [-0.4, -0.2) is 37.0 Å². The Balaban J connectivity index is 3.37. The molecule has 0 amide bonds. The first kappa shape index (κ1) is 47.9. The van der Waals surface area contributed by atoms with Crippen molar-refractivity contribution in [2.45, 2.75) is 238 Å². The van der Waals surface area contributed by atoms with Crippen LogP contribution < -0.4 is 0 Å². The zero-order chi connectivity index (χ0) is 35.6. The van der Waals surface area contributed by atoms with Gasteiger partial charge in [0.15, 0.2) is 0 Å². The predicted molar refractivity (Wildman–Crippen MR) is 214 cm³/mol. The van der Waals surface area contributed by atoms with Gasteiger partial charge in [-0.2, -0.15) is 0 Å². The zero-order valence-electron chi connectivity index (χ0n) is 33.2. The molecule has 0 heterocycles. The summed E-state index contributed by atoms with van der Waals surface area (Å²) in [6.45, 7) is 5.35. The number of unbranched alkanes of at least 4 members (excludes halogenated alkanes) is 29. The first-order valence-corrected chi connectivity index (χ1v) is 21.9. The van der Waals surface area contributed by atoms with Gasteiger partial charge in [-0.1, -0.05) is 186 Å². The fourth-order valence-corrected chi connectivity index (χ4v) is 6.44. The van der Waals surface area contributed by atoms with E-state index in [1.54, 1.807) is 0 Å². The summed E-state index contributed by atoms with van der Waals surface area (Å²) < 4.78 is 11.2. The zero-order valence-corrected chi connectivity index (χ0v) is 33.2. The van der Waals surface area contributed by atoms with Crippen LogP contribution in [0.5, 0.6) is 0 Å². The average Bonchev–Trinajstić information content (AvgIpc) is 3.11. The summed E-state index contributed by atoms with van der Waals surface area (Å²) in [5.74, 6) is -0.208. The van der Waals surface area contributed by atoms with E-state index in [0.717, 1.165) is 19.3 Å². The molecular formula is C45H86O4. The summed E-state index contributed by atoms with van der Waals surface area (Å²) >= 11 is 0. The van der Waals surface area contributed by atoms with Crippen molar-refractivity contribution < 1.29 is 19.4 Å². The maximum atomic E-state index is 12.2. The number of ether oxygens (including phenoxy) is 2. The van der Waals surface area contributed by atoms with Crippen LogP contribution >= 0.6 is 0 Å². The van der Waals surface area contributed by atoms with E-state index in [1.165, 1.54) is 193 Å². The Morgan fingerprint density at radius 2 is 0.796 bits per heavy atom. The average molecular weight is 691 g/mol. The molecule has 49 heavy (non-hydrogen) atoms. The molecule has 1 unspecified atom stereocenters. The molecule has 0 aromatic heterocycles. The molecule has 0 rings (SSSR count). The Morgan fingerprint density at radius 1 is 0.469 bits per heavy atom. The van der Waals surface area contributed by atoms with Crippen LogP contribution in [0.4, 0.5) is 0 Å². The highest BCUT2D eigenvalue weighted by Gasteiger charge is 2.13. The summed E-state index contributed by atoms with van der Waals surface area (Å²) in [6.07, 6.45) is 52.5. The number of carbonyl (C=O) groups excluding carboxylic acids is 1. The SMILES string of the molecule is CCCCCC/C=C\CCCCCCCC(=O)OC(CO)COCCCCCCCCCCCCCC/C=C\CCCCCCCCCC. The second kappa shape index (κ2) is 43.0. The second-order valence-corrected chi connectivity index (χ2v) is 14.8. The number of esters is 1. The molecule has 290 valence electrons. The molecule has 1 N–H and O–H groups in total. The molecule has 4 heteroatoms. The monoisotopic (exact) mass is 691 g/mol. The fraction of sp³-hybridized carbons (Fsp3) is 0.889. The Hall–Kier alpha value is -1.13. The molecule has 0 aliphatic heterocycles. The van der Waals surface area contributed by atoms with Gasteiger partial charge in [-0.3, -0.25) is 4.79 Å². The van der Waals surface area contributed by atoms with Crippen molar-refractivity contribution in [3.05, 3.63) is 24.3 Å². The van der Waals surface area contributed by atoms with Crippen LogP contribution in [0.1, 0.15) is 232 Å². The lowest BCUT2D eigenvalue weighted by Gasteiger charge is -2.15. The van der Waals surface area contributed by atoms with Gasteiger partial charge in [0.2, 0.25) is 0 Å². The summed E-state index contributed by atoms with van der Waals surface area (Å²) in [5.41, 5.74) is 0. The molecular weight excluding hydrogens is 604 g/mol. The third-order valence-corrected chi connectivity index (χ3v) is 9.75. The van der Waals surface area contributed by atoms with Gasteiger partial charge in [0.1, 0.15) is 6.10 Å². The number of rotatable bonds is 41. The van der Waals surface area contributed by atoms with Crippen LogP contribution in [0.25, 0.3) is 0 Å². The van der Waals surface area contributed by atoms with E-state index in [1.807, 2.05) is 0 Å². The Bertz CT molecular complexity index is 688. The number of aliphatic hydroxyl groups excluding tert-OH is 1. The summed E-state index contributed by atoms with van der Waals surface area (Å²) in [7, 11) is 0. The van der Waals surface area contributed by atoms with Crippen molar-refractivity contribution >= 4 is 5.97 Å². The minimum Gasteiger partial charge on any atom is -0.457 e. The summed E-state index contributed by atoms with van der Waals surface area (Å²) in [6, 6.07) is 0. The van der Waals surface area contributed by atoms with E-state index >= 15 is 0 Å². The van der Waals surface area contributed by atoms with E-state index in [9.17, 15) is 9.90 Å². The number of allylic oxidation sites excluding steroid dienone is 4. The van der Waals surface area contributed by atoms with Gasteiger partial charge in [0, 0.05) is 13.0 Å². The van der Waals surface area contributed by atoms with Crippen LogP contribution in [0.3, 0.4) is 0 Å². The molecule has 0 radical (unpaired) electrons. The Morgan fingerprint density at radius 3 is 1.18 bits per heavy atom. The molecule has 0 fully saturated rings. The number of carbonyl (C=O) groups is 1. The highest BCUT2D eigenvalue weighted by atomic mass is 16.6. The molecule has 0 bridgehead atoms. The highest BCUT2D eigenvalue weighted by molar-refractivity contribution is 5.69. The lowest BCUT2D eigenvalue weighted by molar-refractivity contribution is -0.154. The molecule has 0 aliphatic rings. The minimum atomic E-state index is -0.535. The lowest BCUT2D eigenvalue weighted by Crippen LogP contribution is -2.27. The van der Waals surface area contributed by atoms with E-state index in [0.29, 0.717) is 19.6 Å².